The van der Waals surface area contributed by atoms with E-state index in [1.807, 2.05) is 0 Å². The van der Waals surface area contributed by atoms with Gasteiger partial charge in [0.2, 0.25) is 0 Å². The molecule has 4 heteroatoms. The molecule has 0 saturated heterocycles. The van der Waals surface area contributed by atoms with Gasteiger partial charge >= 0.3 is 5.97 Å². The van der Waals surface area contributed by atoms with E-state index in [4.69, 9.17) is 4.74 Å². The zero-order valence-electron chi connectivity index (χ0n) is 20.3. The predicted octanol–water partition coefficient (Wildman–Crippen LogP) is 8.09. The lowest BCUT2D eigenvalue weighted by Gasteiger charge is -2.06. The molecule has 0 amide bonds. The second-order valence-electron chi connectivity index (χ2n) is 8.80. The summed E-state index contributed by atoms with van der Waals surface area (Å²) in [4.78, 5) is 20.8. The minimum atomic E-state index is -0.197. The number of aryl methyl sites for hydroxylation is 1. The number of benzene rings is 1. The lowest BCUT2D eigenvalue weighted by atomic mass is 10.0. The lowest BCUT2D eigenvalue weighted by Crippen LogP contribution is -2.08. The van der Waals surface area contributed by atoms with Crippen molar-refractivity contribution in [3.63, 3.8) is 0 Å². The summed E-state index contributed by atoms with van der Waals surface area (Å²) in [5.41, 5.74) is 2.33. The van der Waals surface area contributed by atoms with E-state index in [2.05, 4.69) is 48.1 Å². The third-order valence-electron chi connectivity index (χ3n) is 5.88. The molecule has 176 valence electrons. The highest BCUT2D eigenvalue weighted by molar-refractivity contribution is 5.72. The van der Waals surface area contributed by atoms with Crippen LogP contribution in [-0.2, 0) is 11.2 Å². The molecule has 2 rings (SSSR count). The Morgan fingerprint density at radius 2 is 1.25 bits per heavy atom. The minimum absolute atomic E-state index is 0.197. The number of aromatic nitrogens is 2. The maximum absolute atomic E-state index is 12.1. The van der Waals surface area contributed by atoms with Crippen LogP contribution in [0.3, 0.4) is 0 Å². The second kappa shape index (κ2) is 16.4. The number of unbranched alkanes of at least 4 members (excludes halogenated alkanes) is 11. The van der Waals surface area contributed by atoms with Crippen molar-refractivity contribution in [3.05, 3.63) is 42.2 Å². The Labute approximate surface area is 195 Å². The van der Waals surface area contributed by atoms with Gasteiger partial charge in [0.1, 0.15) is 0 Å². The second-order valence-corrected chi connectivity index (χ2v) is 8.80. The van der Waals surface area contributed by atoms with Gasteiger partial charge in [-0.1, -0.05) is 109 Å². The fourth-order valence-corrected chi connectivity index (χ4v) is 3.86. The smallest absolute Gasteiger partial charge is 0.311 e. The molecule has 0 saturated carbocycles. The summed E-state index contributed by atoms with van der Waals surface area (Å²) in [5.74, 6) is 0.875. The largest absolute Gasteiger partial charge is 0.423 e. The number of rotatable bonds is 17. The van der Waals surface area contributed by atoms with Crippen molar-refractivity contribution < 1.29 is 9.53 Å². The van der Waals surface area contributed by atoms with Crippen LogP contribution in [0.15, 0.2) is 36.7 Å². The third kappa shape index (κ3) is 10.9. The van der Waals surface area contributed by atoms with Gasteiger partial charge in [0.15, 0.2) is 11.6 Å². The van der Waals surface area contributed by atoms with E-state index < -0.39 is 0 Å². The lowest BCUT2D eigenvalue weighted by molar-refractivity contribution is -0.134. The monoisotopic (exact) mass is 438 g/mol. The molecule has 0 fully saturated rings. The molecule has 0 N–H and O–H groups in total. The van der Waals surface area contributed by atoms with E-state index in [0.29, 0.717) is 18.0 Å². The molecule has 1 aromatic heterocycles. The Bertz CT molecular complexity index is 741. The van der Waals surface area contributed by atoms with Gasteiger partial charge in [0.05, 0.1) is 12.4 Å². The highest BCUT2D eigenvalue weighted by Crippen LogP contribution is 2.19. The van der Waals surface area contributed by atoms with Gasteiger partial charge in [-0.25, -0.2) is 9.97 Å². The van der Waals surface area contributed by atoms with E-state index in [1.54, 1.807) is 12.4 Å². The summed E-state index contributed by atoms with van der Waals surface area (Å²) < 4.78 is 5.40. The van der Waals surface area contributed by atoms with Crippen LogP contribution in [0.5, 0.6) is 5.75 Å². The van der Waals surface area contributed by atoms with Gasteiger partial charge in [-0.05, 0) is 24.8 Å². The van der Waals surface area contributed by atoms with Crippen LogP contribution < -0.4 is 4.74 Å². The molecule has 4 nitrogen and oxygen atoms in total. The molecule has 2 aromatic rings. The maximum Gasteiger partial charge on any atom is 0.311 e. The molecule has 1 aromatic carbocycles. The molecule has 0 bridgehead atoms. The average Bonchev–Trinajstić information content (AvgIpc) is 2.82. The summed E-state index contributed by atoms with van der Waals surface area (Å²) in [6.07, 6.45) is 21.0. The molecule has 0 radical (unpaired) electrons. The molecule has 0 unspecified atom stereocenters. The third-order valence-corrected chi connectivity index (χ3v) is 5.88. The number of carbonyl (C=O) groups is 1. The molecular weight excluding hydrogens is 396 g/mol. The molecule has 0 aliphatic carbocycles. The first kappa shape index (κ1) is 26.0. The highest BCUT2D eigenvalue weighted by Gasteiger charge is 2.07. The zero-order chi connectivity index (χ0) is 22.9. The molecule has 1 heterocycles. The van der Waals surface area contributed by atoms with E-state index in [0.717, 1.165) is 24.8 Å². The van der Waals surface area contributed by atoms with Crippen molar-refractivity contribution in [3.8, 4) is 17.1 Å². The van der Waals surface area contributed by atoms with E-state index in [9.17, 15) is 4.79 Å². The topological polar surface area (TPSA) is 52.1 Å². The van der Waals surface area contributed by atoms with E-state index >= 15 is 0 Å². The number of esters is 1. The number of ether oxygens (including phenoxy) is 1. The van der Waals surface area contributed by atoms with Crippen molar-refractivity contribution in [1.29, 1.82) is 0 Å². The van der Waals surface area contributed by atoms with Gasteiger partial charge in [-0.2, -0.15) is 0 Å². The van der Waals surface area contributed by atoms with Crippen LogP contribution in [0.25, 0.3) is 11.4 Å². The number of hydrogen-bond donors (Lipinski definition) is 0. The van der Waals surface area contributed by atoms with Crippen molar-refractivity contribution >= 4 is 5.97 Å². The van der Waals surface area contributed by atoms with Crippen LogP contribution in [-0.4, -0.2) is 15.9 Å². The summed E-state index contributed by atoms with van der Waals surface area (Å²) in [6, 6.07) is 8.45. The van der Waals surface area contributed by atoms with Crippen LogP contribution in [0, 0.1) is 0 Å². The van der Waals surface area contributed by atoms with Gasteiger partial charge in [-0.3, -0.25) is 4.79 Å². The fourth-order valence-electron chi connectivity index (χ4n) is 3.86. The highest BCUT2D eigenvalue weighted by atomic mass is 16.5. The van der Waals surface area contributed by atoms with Gasteiger partial charge in [-0.15, -0.1) is 0 Å². The number of nitrogens with zero attached hydrogens (tertiary/aromatic N) is 2. The molecule has 0 aliphatic rings. The van der Waals surface area contributed by atoms with Crippen LogP contribution >= 0.6 is 0 Å². The summed E-state index contributed by atoms with van der Waals surface area (Å²) in [7, 11) is 0. The zero-order valence-corrected chi connectivity index (χ0v) is 20.3. The van der Waals surface area contributed by atoms with Crippen molar-refractivity contribution in [2.24, 2.45) is 0 Å². The Kier molecular flexibility index (Phi) is 13.3. The summed E-state index contributed by atoms with van der Waals surface area (Å²) in [6.45, 7) is 4.48. The first-order valence-electron chi connectivity index (χ1n) is 12.8. The Morgan fingerprint density at radius 3 is 1.84 bits per heavy atom. The van der Waals surface area contributed by atoms with Crippen molar-refractivity contribution in [2.75, 3.05) is 0 Å². The first-order valence-corrected chi connectivity index (χ1v) is 12.8. The van der Waals surface area contributed by atoms with Gasteiger partial charge < -0.3 is 4.74 Å². The molecule has 32 heavy (non-hydrogen) atoms. The first-order chi connectivity index (χ1) is 15.7. The van der Waals surface area contributed by atoms with Crippen LogP contribution in [0.2, 0.25) is 0 Å². The Morgan fingerprint density at radius 1 is 0.719 bits per heavy atom. The van der Waals surface area contributed by atoms with Crippen LogP contribution in [0.4, 0.5) is 0 Å². The summed E-state index contributed by atoms with van der Waals surface area (Å²) >= 11 is 0. The Hall–Kier alpha value is -2.23. The standard InChI is InChI=1S/C28H42N2O2/c1-3-5-7-9-10-11-12-13-15-17-27(31)32-26-22-29-28(30-23-26)25-20-18-24(19-21-25)16-14-8-6-4-2/h18-23H,3-17H2,1-2H3. The molecular formula is C28H42N2O2. The van der Waals surface area contributed by atoms with Crippen molar-refractivity contribution in [1.82, 2.24) is 9.97 Å². The molecule has 0 aliphatic heterocycles. The molecule has 0 spiro atoms. The van der Waals surface area contributed by atoms with Gasteiger partial charge in [0, 0.05) is 12.0 Å². The summed E-state index contributed by atoms with van der Waals surface area (Å²) in [5, 5.41) is 0. The maximum atomic E-state index is 12.1. The quantitative estimate of drug-likeness (QED) is 0.185. The van der Waals surface area contributed by atoms with Crippen molar-refractivity contribution in [2.45, 2.75) is 110 Å². The SMILES string of the molecule is CCCCCCCCCCCC(=O)Oc1cnc(-c2ccc(CCCCCC)cc2)nc1. The minimum Gasteiger partial charge on any atom is -0.423 e. The number of carbonyl (C=O) groups excluding carboxylic acids is 1. The molecule has 0 atom stereocenters. The average molecular weight is 439 g/mol. The normalized spacial score (nSPS) is 10.9. The predicted molar refractivity (Wildman–Crippen MR) is 133 cm³/mol. The van der Waals surface area contributed by atoms with Gasteiger partial charge in [0.25, 0.3) is 0 Å². The Balaban J connectivity index is 1.65. The number of hydrogen-bond acceptors (Lipinski definition) is 4. The van der Waals surface area contributed by atoms with E-state index in [-0.39, 0.29) is 5.97 Å². The van der Waals surface area contributed by atoms with E-state index in [1.165, 1.54) is 76.2 Å². The fraction of sp³-hybridized carbons (Fsp3) is 0.607. The van der Waals surface area contributed by atoms with Crippen LogP contribution in [0.1, 0.15) is 109 Å².